The van der Waals surface area contributed by atoms with Gasteiger partial charge in [-0.1, -0.05) is 18.7 Å². The van der Waals surface area contributed by atoms with E-state index in [1.54, 1.807) is 27.7 Å². The van der Waals surface area contributed by atoms with Crippen LogP contribution in [-0.2, 0) is 14.3 Å². The van der Waals surface area contributed by atoms with E-state index in [0.29, 0.717) is 5.56 Å². The lowest BCUT2D eigenvalue weighted by atomic mass is 10.00. The Morgan fingerprint density at radius 1 is 1.26 bits per heavy atom. The second kappa shape index (κ2) is 7.76. The fourth-order valence-corrected chi connectivity index (χ4v) is 1.79. The van der Waals surface area contributed by atoms with E-state index < -0.39 is 29.5 Å². The zero-order chi connectivity index (χ0) is 17.6. The van der Waals surface area contributed by atoms with Crippen molar-refractivity contribution in [3.63, 3.8) is 0 Å². The van der Waals surface area contributed by atoms with E-state index in [2.05, 4.69) is 11.9 Å². The van der Waals surface area contributed by atoms with Crippen molar-refractivity contribution in [3.8, 4) is 0 Å². The first kappa shape index (κ1) is 18.7. The summed E-state index contributed by atoms with van der Waals surface area (Å²) < 4.78 is 23.2. The van der Waals surface area contributed by atoms with E-state index in [-0.39, 0.29) is 12.2 Å². The second-order valence-corrected chi connectivity index (χ2v) is 5.88. The van der Waals surface area contributed by atoms with Crippen LogP contribution in [0.3, 0.4) is 0 Å². The smallest absolute Gasteiger partial charge is 0.408 e. The van der Waals surface area contributed by atoms with Crippen molar-refractivity contribution in [1.82, 2.24) is 5.32 Å². The molecule has 0 saturated carbocycles. The van der Waals surface area contributed by atoms with Crippen LogP contribution in [0.4, 0.5) is 9.18 Å². The third-order valence-corrected chi connectivity index (χ3v) is 2.75. The number of carbonyl (C=O) groups excluding carboxylic acids is 2. The number of halogens is 1. The number of esters is 1. The number of benzene rings is 1. The van der Waals surface area contributed by atoms with Gasteiger partial charge in [-0.15, -0.1) is 0 Å². The summed E-state index contributed by atoms with van der Waals surface area (Å²) in [6, 6.07) is 4.52. The highest BCUT2D eigenvalue weighted by atomic mass is 19.1. The summed E-state index contributed by atoms with van der Waals surface area (Å²) in [5, 5.41) is 2.56. The molecule has 0 unspecified atom stereocenters. The second-order valence-electron chi connectivity index (χ2n) is 5.88. The number of rotatable bonds is 5. The molecule has 0 aliphatic carbocycles. The molecule has 0 spiro atoms. The molecule has 0 aliphatic rings. The van der Waals surface area contributed by atoms with Gasteiger partial charge in [0.15, 0.2) is 0 Å². The topological polar surface area (TPSA) is 64.6 Å². The van der Waals surface area contributed by atoms with E-state index in [9.17, 15) is 14.0 Å². The molecule has 5 nitrogen and oxygen atoms in total. The van der Waals surface area contributed by atoms with Crippen molar-refractivity contribution in [2.75, 3.05) is 6.61 Å². The van der Waals surface area contributed by atoms with Gasteiger partial charge in [0.1, 0.15) is 11.4 Å². The van der Waals surface area contributed by atoms with Crippen LogP contribution < -0.4 is 5.32 Å². The predicted molar refractivity (Wildman–Crippen MR) is 84.3 cm³/mol. The van der Waals surface area contributed by atoms with Crippen molar-refractivity contribution in [1.29, 1.82) is 0 Å². The summed E-state index contributed by atoms with van der Waals surface area (Å²) in [4.78, 5) is 23.9. The molecule has 0 heterocycles. The SMILES string of the molecule is C=C(C(=O)OCC)[C@H](NC(=O)OC(C)(C)C)c1ccc(F)cc1. The highest BCUT2D eigenvalue weighted by molar-refractivity contribution is 5.90. The molecule has 1 N–H and O–H groups in total. The standard InChI is InChI=1S/C17H22FNO4/c1-6-22-15(20)11(2)14(12-7-9-13(18)10-8-12)19-16(21)23-17(3,4)5/h7-10,14H,2,6H2,1,3-5H3,(H,19,21)/t14-/m0/s1. The Balaban J connectivity index is 3.01. The highest BCUT2D eigenvalue weighted by Gasteiger charge is 2.26. The normalized spacial score (nSPS) is 12.2. The van der Waals surface area contributed by atoms with Crippen molar-refractivity contribution in [2.24, 2.45) is 0 Å². The molecular formula is C17H22FNO4. The number of carbonyl (C=O) groups is 2. The quantitative estimate of drug-likeness (QED) is 0.665. The molecule has 1 aromatic carbocycles. The predicted octanol–water partition coefficient (Wildman–Crippen LogP) is 3.51. The Labute approximate surface area is 135 Å². The van der Waals surface area contributed by atoms with Gasteiger partial charge >= 0.3 is 12.1 Å². The summed E-state index contributed by atoms with van der Waals surface area (Å²) >= 11 is 0. The van der Waals surface area contributed by atoms with Gasteiger partial charge in [0, 0.05) is 0 Å². The molecule has 1 rings (SSSR count). The fourth-order valence-electron chi connectivity index (χ4n) is 1.79. The van der Waals surface area contributed by atoms with Crippen LogP contribution in [0.15, 0.2) is 36.4 Å². The van der Waals surface area contributed by atoms with Crippen LogP contribution >= 0.6 is 0 Å². The number of alkyl carbamates (subject to hydrolysis) is 1. The Morgan fingerprint density at radius 3 is 2.30 bits per heavy atom. The van der Waals surface area contributed by atoms with Crippen molar-refractivity contribution in [2.45, 2.75) is 39.3 Å². The average Bonchev–Trinajstić information content (AvgIpc) is 2.43. The van der Waals surface area contributed by atoms with Crippen molar-refractivity contribution < 1.29 is 23.5 Å². The van der Waals surface area contributed by atoms with Gasteiger partial charge in [0.05, 0.1) is 18.2 Å². The van der Waals surface area contributed by atoms with E-state index >= 15 is 0 Å². The zero-order valence-electron chi connectivity index (χ0n) is 13.8. The van der Waals surface area contributed by atoms with E-state index in [4.69, 9.17) is 9.47 Å². The zero-order valence-corrected chi connectivity index (χ0v) is 13.8. The maximum atomic E-state index is 13.1. The number of hydrogen-bond acceptors (Lipinski definition) is 4. The summed E-state index contributed by atoms with van der Waals surface area (Å²) in [6.45, 7) is 10.7. The van der Waals surface area contributed by atoms with Gasteiger partial charge in [-0.2, -0.15) is 0 Å². The van der Waals surface area contributed by atoms with Gasteiger partial charge in [0.25, 0.3) is 0 Å². The molecule has 1 amide bonds. The lowest BCUT2D eigenvalue weighted by Gasteiger charge is -2.24. The molecule has 0 aromatic heterocycles. The van der Waals surface area contributed by atoms with Crippen LogP contribution in [-0.4, -0.2) is 24.3 Å². The Hall–Kier alpha value is -2.37. The average molecular weight is 323 g/mol. The van der Waals surface area contributed by atoms with E-state index in [1.165, 1.54) is 24.3 Å². The van der Waals surface area contributed by atoms with Crippen LogP contribution in [0.2, 0.25) is 0 Å². The molecule has 0 aliphatic heterocycles. The highest BCUT2D eigenvalue weighted by Crippen LogP contribution is 2.23. The van der Waals surface area contributed by atoms with E-state index in [0.717, 1.165) is 0 Å². The Morgan fingerprint density at radius 2 is 1.83 bits per heavy atom. The largest absolute Gasteiger partial charge is 0.463 e. The van der Waals surface area contributed by atoms with Gasteiger partial charge in [-0.3, -0.25) is 0 Å². The molecule has 0 bridgehead atoms. The van der Waals surface area contributed by atoms with Crippen LogP contribution in [0.5, 0.6) is 0 Å². The van der Waals surface area contributed by atoms with Crippen molar-refractivity contribution in [3.05, 3.63) is 47.8 Å². The van der Waals surface area contributed by atoms with Crippen molar-refractivity contribution >= 4 is 12.1 Å². The third kappa shape index (κ3) is 6.10. The van der Waals surface area contributed by atoms with E-state index in [1.807, 2.05) is 0 Å². The minimum Gasteiger partial charge on any atom is -0.463 e. The molecule has 126 valence electrons. The van der Waals surface area contributed by atoms with Gasteiger partial charge in [-0.25, -0.2) is 14.0 Å². The molecule has 1 aromatic rings. The first-order valence-electron chi connectivity index (χ1n) is 7.25. The molecule has 6 heteroatoms. The van der Waals surface area contributed by atoms with Crippen LogP contribution in [0.1, 0.15) is 39.3 Å². The minimum atomic E-state index is -0.871. The molecule has 1 atom stereocenters. The number of ether oxygens (including phenoxy) is 2. The Bertz CT molecular complexity index is 575. The van der Waals surface area contributed by atoms with Gasteiger partial charge in [0.2, 0.25) is 0 Å². The summed E-state index contributed by atoms with van der Waals surface area (Å²) in [5.74, 6) is -1.07. The molecule has 23 heavy (non-hydrogen) atoms. The van der Waals surface area contributed by atoms with Gasteiger partial charge < -0.3 is 14.8 Å². The van der Waals surface area contributed by atoms with Crippen LogP contribution in [0.25, 0.3) is 0 Å². The monoisotopic (exact) mass is 323 g/mol. The lowest BCUT2D eigenvalue weighted by Crippen LogP contribution is -2.36. The summed E-state index contributed by atoms with van der Waals surface area (Å²) in [6.07, 6.45) is -0.711. The third-order valence-electron chi connectivity index (χ3n) is 2.75. The number of amides is 1. The maximum absolute atomic E-state index is 13.1. The number of hydrogen-bond donors (Lipinski definition) is 1. The number of nitrogens with one attached hydrogen (secondary N) is 1. The first-order valence-corrected chi connectivity index (χ1v) is 7.25. The molecule has 0 saturated heterocycles. The van der Waals surface area contributed by atoms with Crippen LogP contribution in [0, 0.1) is 5.82 Å². The Kier molecular flexibility index (Phi) is 6.30. The summed E-state index contributed by atoms with van der Waals surface area (Å²) in [5.41, 5.74) is -0.164. The van der Waals surface area contributed by atoms with Gasteiger partial charge in [-0.05, 0) is 45.4 Å². The molecular weight excluding hydrogens is 301 g/mol. The minimum absolute atomic E-state index is 0.0318. The summed E-state index contributed by atoms with van der Waals surface area (Å²) in [7, 11) is 0. The fraction of sp³-hybridized carbons (Fsp3) is 0.412. The molecule has 0 radical (unpaired) electrons. The first-order chi connectivity index (χ1) is 10.6. The molecule has 0 fully saturated rings. The lowest BCUT2D eigenvalue weighted by molar-refractivity contribution is -0.138. The maximum Gasteiger partial charge on any atom is 0.408 e.